The normalized spacial score (nSPS) is 12.5. The number of nitrogens with two attached hydrogens (primary N) is 1. The summed E-state index contributed by atoms with van der Waals surface area (Å²) in [6, 6.07) is 8.10. The van der Waals surface area contributed by atoms with Gasteiger partial charge < -0.3 is 16.3 Å². The van der Waals surface area contributed by atoms with Crippen LogP contribution in [0.15, 0.2) is 29.4 Å². The standard InChI is InChI=1S/C12H18IN3O/c1-12(2,11(14)16-17)7-8-15-10-6-4-3-5-9(10)13/h3-6,15,17H,7-8H2,1-2H3,(H2,14,16). The first-order valence-corrected chi connectivity index (χ1v) is 6.51. The number of oxime groups is 1. The van der Waals surface area contributed by atoms with Gasteiger partial charge in [-0.25, -0.2) is 0 Å². The predicted octanol–water partition coefficient (Wildman–Crippen LogP) is 2.87. The molecule has 0 aromatic heterocycles. The molecule has 4 N–H and O–H groups in total. The number of anilines is 1. The fourth-order valence-corrected chi connectivity index (χ4v) is 1.96. The highest BCUT2D eigenvalue weighted by molar-refractivity contribution is 14.1. The van der Waals surface area contributed by atoms with E-state index in [0.717, 1.165) is 18.7 Å². The van der Waals surface area contributed by atoms with Crippen molar-refractivity contribution in [3.05, 3.63) is 27.8 Å². The van der Waals surface area contributed by atoms with E-state index in [4.69, 9.17) is 10.9 Å². The van der Waals surface area contributed by atoms with Gasteiger partial charge >= 0.3 is 0 Å². The molecule has 0 fully saturated rings. The molecule has 1 rings (SSSR count). The van der Waals surface area contributed by atoms with Crippen LogP contribution in [-0.4, -0.2) is 17.6 Å². The Hall–Kier alpha value is -0.980. The van der Waals surface area contributed by atoms with Crippen molar-refractivity contribution < 1.29 is 5.21 Å². The van der Waals surface area contributed by atoms with Crippen molar-refractivity contribution in [1.29, 1.82) is 0 Å². The van der Waals surface area contributed by atoms with Crippen LogP contribution in [0.25, 0.3) is 0 Å². The minimum Gasteiger partial charge on any atom is -0.409 e. The smallest absolute Gasteiger partial charge is 0.144 e. The molecule has 0 aliphatic carbocycles. The number of para-hydroxylation sites is 1. The first-order valence-electron chi connectivity index (χ1n) is 5.44. The van der Waals surface area contributed by atoms with Gasteiger partial charge in [0.1, 0.15) is 5.84 Å². The zero-order chi connectivity index (χ0) is 12.9. The van der Waals surface area contributed by atoms with Crippen molar-refractivity contribution >= 4 is 34.1 Å². The van der Waals surface area contributed by atoms with Crippen LogP contribution in [0.2, 0.25) is 0 Å². The molecule has 0 bridgehead atoms. The Bertz CT molecular complexity index is 404. The van der Waals surface area contributed by atoms with Gasteiger partial charge in [-0.3, -0.25) is 0 Å². The van der Waals surface area contributed by atoms with Gasteiger partial charge in [-0.15, -0.1) is 0 Å². The average molecular weight is 347 g/mol. The molecule has 0 spiro atoms. The van der Waals surface area contributed by atoms with E-state index in [1.54, 1.807) is 0 Å². The second kappa shape index (κ2) is 6.09. The van der Waals surface area contributed by atoms with Crippen LogP contribution in [0.3, 0.4) is 0 Å². The Morgan fingerprint density at radius 2 is 2.12 bits per heavy atom. The average Bonchev–Trinajstić information content (AvgIpc) is 2.30. The summed E-state index contributed by atoms with van der Waals surface area (Å²) in [5.41, 5.74) is 6.44. The van der Waals surface area contributed by atoms with Gasteiger partial charge in [0.25, 0.3) is 0 Å². The molecule has 0 saturated carbocycles. The molecule has 0 aliphatic rings. The van der Waals surface area contributed by atoms with Gasteiger partial charge in [0.2, 0.25) is 0 Å². The number of nitrogens with zero attached hydrogens (tertiary/aromatic N) is 1. The minimum absolute atomic E-state index is 0.266. The van der Waals surface area contributed by atoms with E-state index in [1.165, 1.54) is 3.57 Å². The summed E-state index contributed by atoms with van der Waals surface area (Å²) in [7, 11) is 0. The Balaban J connectivity index is 2.51. The fourth-order valence-electron chi connectivity index (χ4n) is 1.38. The van der Waals surface area contributed by atoms with Crippen molar-refractivity contribution in [2.75, 3.05) is 11.9 Å². The summed E-state index contributed by atoms with van der Waals surface area (Å²) in [5, 5.41) is 15.1. The Labute approximate surface area is 115 Å². The Morgan fingerprint density at radius 3 is 2.71 bits per heavy atom. The Kier molecular flexibility index (Phi) is 5.04. The number of benzene rings is 1. The van der Waals surface area contributed by atoms with E-state index in [-0.39, 0.29) is 11.3 Å². The molecule has 1 aromatic carbocycles. The third kappa shape index (κ3) is 4.07. The summed E-state index contributed by atoms with van der Waals surface area (Å²) in [4.78, 5) is 0. The molecule has 0 unspecified atom stereocenters. The molecule has 4 nitrogen and oxygen atoms in total. The van der Waals surface area contributed by atoms with Gasteiger partial charge in [-0.1, -0.05) is 31.1 Å². The maximum Gasteiger partial charge on any atom is 0.144 e. The van der Waals surface area contributed by atoms with Gasteiger partial charge in [0.05, 0.1) is 0 Å². The maximum atomic E-state index is 8.67. The molecule has 94 valence electrons. The van der Waals surface area contributed by atoms with Crippen LogP contribution < -0.4 is 11.1 Å². The summed E-state index contributed by atoms with van der Waals surface area (Å²) in [5.74, 6) is 0.266. The van der Waals surface area contributed by atoms with Gasteiger partial charge in [0, 0.05) is 21.2 Å². The van der Waals surface area contributed by atoms with Crippen LogP contribution in [0.4, 0.5) is 5.69 Å². The summed E-state index contributed by atoms with van der Waals surface area (Å²) < 4.78 is 1.19. The zero-order valence-corrected chi connectivity index (χ0v) is 12.2. The van der Waals surface area contributed by atoms with E-state index >= 15 is 0 Å². The molecule has 1 aromatic rings. The predicted molar refractivity (Wildman–Crippen MR) is 79.5 cm³/mol. The van der Waals surface area contributed by atoms with Crippen molar-refractivity contribution in [1.82, 2.24) is 0 Å². The Morgan fingerprint density at radius 1 is 1.47 bits per heavy atom. The van der Waals surface area contributed by atoms with E-state index in [0.29, 0.717) is 0 Å². The highest BCUT2D eigenvalue weighted by Gasteiger charge is 2.22. The lowest BCUT2D eigenvalue weighted by atomic mass is 9.88. The second-order valence-corrected chi connectivity index (χ2v) is 5.69. The number of rotatable bonds is 5. The first kappa shape index (κ1) is 14.1. The molecule has 0 saturated heterocycles. The highest BCUT2D eigenvalue weighted by atomic mass is 127. The van der Waals surface area contributed by atoms with Gasteiger partial charge in [0.15, 0.2) is 0 Å². The molecular formula is C12H18IN3O. The number of amidine groups is 1. The van der Waals surface area contributed by atoms with E-state index in [2.05, 4.69) is 39.1 Å². The lowest BCUT2D eigenvalue weighted by Gasteiger charge is -2.23. The van der Waals surface area contributed by atoms with Gasteiger partial charge in [-0.05, 0) is 41.1 Å². The molecule has 0 atom stereocenters. The number of hydrogen-bond acceptors (Lipinski definition) is 3. The molecular weight excluding hydrogens is 329 g/mol. The van der Waals surface area contributed by atoms with E-state index in [9.17, 15) is 0 Å². The van der Waals surface area contributed by atoms with Crippen LogP contribution in [0, 0.1) is 8.99 Å². The molecule has 0 heterocycles. The number of halogens is 1. The molecule has 5 heteroatoms. The topological polar surface area (TPSA) is 70.6 Å². The van der Waals surface area contributed by atoms with Crippen molar-refractivity contribution in [3.63, 3.8) is 0 Å². The summed E-state index contributed by atoms with van der Waals surface area (Å²) in [6.45, 7) is 4.70. The summed E-state index contributed by atoms with van der Waals surface area (Å²) in [6.07, 6.45) is 0.799. The zero-order valence-electron chi connectivity index (χ0n) is 10.1. The van der Waals surface area contributed by atoms with E-state index < -0.39 is 0 Å². The highest BCUT2D eigenvalue weighted by Crippen LogP contribution is 2.22. The van der Waals surface area contributed by atoms with E-state index in [1.807, 2.05) is 32.0 Å². The fraction of sp³-hybridized carbons (Fsp3) is 0.417. The molecule has 0 aliphatic heterocycles. The minimum atomic E-state index is -0.304. The van der Waals surface area contributed by atoms with Crippen LogP contribution >= 0.6 is 22.6 Å². The van der Waals surface area contributed by atoms with Crippen LogP contribution in [-0.2, 0) is 0 Å². The summed E-state index contributed by atoms with van der Waals surface area (Å²) >= 11 is 2.29. The molecule has 0 amide bonds. The second-order valence-electron chi connectivity index (χ2n) is 4.53. The van der Waals surface area contributed by atoms with Crippen molar-refractivity contribution in [2.24, 2.45) is 16.3 Å². The molecule has 17 heavy (non-hydrogen) atoms. The number of hydrogen-bond donors (Lipinski definition) is 3. The van der Waals surface area contributed by atoms with Crippen molar-refractivity contribution in [2.45, 2.75) is 20.3 Å². The van der Waals surface area contributed by atoms with Crippen LogP contribution in [0.5, 0.6) is 0 Å². The maximum absolute atomic E-state index is 8.67. The molecule has 0 radical (unpaired) electrons. The third-order valence-corrected chi connectivity index (χ3v) is 3.68. The SMILES string of the molecule is CC(C)(CCNc1ccccc1I)C(N)=NO. The van der Waals surface area contributed by atoms with Gasteiger partial charge in [-0.2, -0.15) is 0 Å². The monoisotopic (exact) mass is 347 g/mol. The first-order chi connectivity index (χ1) is 7.97. The lowest BCUT2D eigenvalue weighted by molar-refractivity contribution is 0.306. The van der Waals surface area contributed by atoms with Crippen molar-refractivity contribution in [3.8, 4) is 0 Å². The largest absolute Gasteiger partial charge is 0.409 e. The van der Waals surface area contributed by atoms with Crippen LogP contribution in [0.1, 0.15) is 20.3 Å². The lowest BCUT2D eigenvalue weighted by Crippen LogP contribution is -2.33. The number of nitrogens with one attached hydrogen (secondary N) is 1. The quantitative estimate of drug-likeness (QED) is 0.252. The third-order valence-electron chi connectivity index (χ3n) is 2.74.